The van der Waals surface area contributed by atoms with Gasteiger partial charge in [0.25, 0.3) is 5.56 Å². The van der Waals surface area contributed by atoms with Gasteiger partial charge >= 0.3 is 0 Å². The normalized spacial score (nSPS) is 11.1. The van der Waals surface area contributed by atoms with Crippen molar-refractivity contribution in [3.05, 3.63) is 56.9 Å². The summed E-state index contributed by atoms with van der Waals surface area (Å²) in [5, 5.41) is 2.39. The highest BCUT2D eigenvalue weighted by Crippen LogP contribution is 2.28. The Balaban J connectivity index is 1.82. The minimum atomic E-state index is -0.0535. The quantitative estimate of drug-likeness (QED) is 0.593. The Hall–Kier alpha value is -1.50. The molecule has 0 fully saturated rings. The average molecular weight is 324 g/mol. The van der Waals surface area contributed by atoms with Crippen LogP contribution in [0.25, 0.3) is 4.96 Å². The van der Waals surface area contributed by atoms with Gasteiger partial charge in [0.05, 0.1) is 16.4 Å². The first-order valence-electron chi connectivity index (χ1n) is 5.77. The molecule has 7 heteroatoms. The highest BCUT2D eigenvalue weighted by molar-refractivity contribution is 7.98. The summed E-state index contributed by atoms with van der Waals surface area (Å²) in [5.41, 5.74) is 6.94. The molecule has 0 radical (unpaired) electrons. The van der Waals surface area contributed by atoms with E-state index >= 15 is 0 Å². The van der Waals surface area contributed by atoms with Crippen molar-refractivity contribution in [1.82, 2.24) is 9.38 Å². The minimum absolute atomic E-state index is 0.0535. The number of anilines is 1. The van der Waals surface area contributed by atoms with Crippen molar-refractivity contribution in [2.24, 2.45) is 0 Å². The fourth-order valence-electron chi connectivity index (χ4n) is 1.72. The predicted molar refractivity (Wildman–Crippen MR) is 84.8 cm³/mol. The lowest BCUT2D eigenvalue weighted by molar-refractivity contribution is 1.04. The lowest BCUT2D eigenvalue weighted by atomic mass is 10.3. The number of nitrogens with two attached hydrogens (primary N) is 1. The van der Waals surface area contributed by atoms with E-state index in [0.29, 0.717) is 21.4 Å². The smallest absolute Gasteiger partial charge is 0.258 e. The number of hydrogen-bond acceptors (Lipinski definition) is 5. The van der Waals surface area contributed by atoms with Crippen LogP contribution in [0.4, 0.5) is 5.69 Å². The van der Waals surface area contributed by atoms with Crippen LogP contribution in [0.3, 0.4) is 0 Å². The van der Waals surface area contributed by atoms with Crippen molar-refractivity contribution in [3.63, 3.8) is 0 Å². The molecular formula is C13H10ClN3OS2. The van der Waals surface area contributed by atoms with Crippen molar-refractivity contribution in [2.45, 2.75) is 10.6 Å². The summed E-state index contributed by atoms with van der Waals surface area (Å²) in [6.07, 6.45) is 1.73. The Bertz CT molecular complexity index is 828. The number of nitrogens with zero attached hydrogens (tertiary/aromatic N) is 2. The lowest BCUT2D eigenvalue weighted by Gasteiger charge is -2.04. The van der Waals surface area contributed by atoms with Gasteiger partial charge in [0, 0.05) is 28.3 Å². The first kappa shape index (κ1) is 13.5. The summed E-state index contributed by atoms with van der Waals surface area (Å²) in [7, 11) is 0. The third-order valence-electron chi connectivity index (χ3n) is 2.71. The molecule has 1 aromatic carbocycles. The van der Waals surface area contributed by atoms with E-state index in [4.69, 9.17) is 17.3 Å². The van der Waals surface area contributed by atoms with Gasteiger partial charge in [-0.05, 0) is 18.2 Å². The molecule has 0 unspecified atom stereocenters. The SMILES string of the molecule is Nc1ccc(SCc2cc(=O)n3ccsc3n2)cc1Cl. The van der Waals surface area contributed by atoms with Crippen molar-refractivity contribution < 1.29 is 0 Å². The Kier molecular flexibility index (Phi) is 3.69. The minimum Gasteiger partial charge on any atom is -0.398 e. The van der Waals surface area contributed by atoms with Crippen molar-refractivity contribution in [1.29, 1.82) is 0 Å². The summed E-state index contributed by atoms with van der Waals surface area (Å²) in [5.74, 6) is 0.615. The molecule has 3 aromatic rings. The zero-order valence-corrected chi connectivity index (χ0v) is 12.6. The molecule has 102 valence electrons. The van der Waals surface area contributed by atoms with Gasteiger partial charge in [0.2, 0.25) is 0 Å². The average Bonchev–Trinajstić information content (AvgIpc) is 2.89. The highest BCUT2D eigenvalue weighted by atomic mass is 35.5. The molecule has 2 aromatic heterocycles. The highest BCUT2D eigenvalue weighted by Gasteiger charge is 2.05. The fourth-order valence-corrected chi connectivity index (χ4v) is 3.53. The van der Waals surface area contributed by atoms with E-state index in [1.165, 1.54) is 11.3 Å². The Morgan fingerprint density at radius 2 is 2.25 bits per heavy atom. The van der Waals surface area contributed by atoms with E-state index < -0.39 is 0 Å². The van der Waals surface area contributed by atoms with Gasteiger partial charge < -0.3 is 5.73 Å². The summed E-state index contributed by atoms with van der Waals surface area (Å²) in [6.45, 7) is 0. The first-order chi connectivity index (χ1) is 9.63. The second kappa shape index (κ2) is 5.47. The Morgan fingerprint density at radius 3 is 3.05 bits per heavy atom. The maximum atomic E-state index is 11.9. The number of thiazole rings is 1. The molecule has 2 N–H and O–H groups in total. The van der Waals surface area contributed by atoms with Crippen LogP contribution in [-0.4, -0.2) is 9.38 Å². The second-order valence-corrected chi connectivity index (χ2v) is 6.44. The first-order valence-corrected chi connectivity index (χ1v) is 8.01. The van der Waals surface area contributed by atoms with Gasteiger partial charge in [0.1, 0.15) is 0 Å². The molecule has 0 bridgehead atoms. The molecule has 0 aliphatic carbocycles. The van der Waals surface area contributed by atoms with Gasteiger partial charge in [-0.15, -0.1) is 23.1 Å². The van der Waals surface area contributed by atoms with Crippen molar-refractivity contribution >= 4 is 45.3 Å². The fraction of sp³-hybridized carbons (Fsp3) is 0.0769. The van der Waals surface area contributed by atoms with Crippen LogP contribution in [0, 0.1) is 0 Å². The molecule has 20 heavy (non-hydrogen) atoms. The van der Waals surface area contributed by atoms with E-state index in [0.717, 1.165) is 10.6 Å². The van der Waals surface area contributed by atoms with Crippen LogP contribution < -0.4 is 11.3 Å². The van der Waals surface area contributed by atoms with Gasteiger partial charge in [-0.3, -0.25) is 9.20 Å². The lowest BCUT2D eigenvalue weighted by Crippen LogP contribution is -2.12. The monoisotopic (exact) mass is 323 g/mol. The molecule has 0 aliphatic heterocycles. The van der Waals surface area contributed by atoms with Gasteiger partial charge in [-0.2, -0.15) is 0 Å². The van der Waals surface area contributed by atoms with E-state index in [1.54, 1.807) is 34.5 Å². The number of aromatic nitrogens is 2. The number of fused-ring (bicyclic) bond motifs is 1. The van der Waals surface area contributed by atoms with Gasteiger partial charge in [-0.25, -0.2) is 4.98 Å². The zero-order chi connectivity index (χ0) is 14.1. The number of benzene rings is 1. The van der Waals surface area contributed by atoms with E-state index in [2.05, 4.69) is 4.98 Å². The van der Waals surface area contributed by atoms with Crippen molar-refractivity contribution in [3.8, 4) is 0 Å². The Labute approximate surface area is 128 Å². The number of halogens is 1. The predicted octanol–water partition coefficient (Wildman–Crippen LogP) is 3.28. The molecule has 0 saturated carbocycles. The standard InChI is InChI=1S/C13H10ClN3OS2/c14-10-6-9(1-2-11(10)15)20-7-8-5-12(18)17-3-4-19-13(17)16-8/h1-6H,7,15H2. The zero-order valence-electron chi connectivity index (χ0n) is 10.2. The molecule has 0 aliphatic rings. The summed E-state index contributed by atoms with van der Waals surface area (Å²) in [4.78, 5) is 18.0. The Morgan fingerprint density at radius 1 is 1.40 bits per heavy atom. The second-order valence-electron chi connectivity index (χ2n) is 4.11. The summed E-state index contributed by atoms with van der Waals surface area (Å²) in [6, 6.07) is 7.06. The van der Waals surface area contributed by atoms with Crippen LogP contribution >= 0.6 is 34.7 Å². The molecule has 3 rings (SSSR count). The van der Waals surface area contributed by atoms with Crippen LogP contribution in [0.2, 0.25) is 5.02 Å². The molecule has 0 amide bonds. The van der Waals surface area contributed by atoms with Gasteiger partial charge in [0.15, 0.2) is 4.96 Å². The van der Waals surface area contributed by atoms with E-state index in [1.807, 2.05) is 17.5 Å². The largest absolute Gasteiger partial charge is 0.398 e. The number of rotatable bonds is 3. The topological polar surface area (TPSA) is 60.4 Å². The summed E-state index contributed by atoms with van der Waals surface area (Å²) < 4.78 is 1.54. The number of nitrogen functional groups attached to an aromatic ring is 1. The molecule has 0 saturated heterocycles. The maximum absolute atomic E-state index is 11.9. The third kappa shape index (κ3) is 2.67. The van der Waals surface area contributed by atoms with Crippen LogP contribution in [0.1, 0.15) is 5.69 Å². The molecule has 0 atom stereocenters. The van der Waals surface area contributed by atoms with Crippen molar-refractivity contribution in [2.75, 3.05) is 5.73 Å². The molecule has 2 heterocycles. The van der Waals surface area contributed by atoms with E-state index in [-0.39, 0.29) is 5.56 Å². The maximum Gasteiger partial charge on any atom is 0.258 e. The molecule has 0 spiro atoms. The summed E-state index contributed by atoms with van der Waals surface area (Å²) >= 11 is 9.00. The number of hydrogen-bond donors (Lipinski definition) is 1. The van der Waals surface area contributed by atoms with Crippen LogP contribution in [0.15, 0.2) is 45.5 Å². The van der Waals surface area contributed by atoms with Gasteiger partial charge in [-0.1, -0.05) is 11.6 Å². The van der Waals surface area contributed by atoms with Crippen LogP contribution in [0.5, 0.6) is 0 Å². The third-order valence-corrected chi connectivity index (χ3v) is 4.83. The molecule has 4 nitrogen and oxygen atoms in total. The number of thioether (sulfide) groups is 1. The van der Waals surface area contributed by atoms with E-state index in [9.17, 15) is 4.79 Å². The molecular weight excluding hydrogens is 314 g/mol. The van der Waals surface area contributed by atoms with Crippen LogP contribution in [-0.2, 0) is 5.75 Å².